The minimum Gasteiger partial charge on any atom is -0.207 e. The van der Waals surface area contributed by atoms with E-state index in [1.807, 2.05) is 12.1 Å². The molecule has 0 aliphatic rings. The molecule has 2 heteroatoms. The number of hydrogen-bond donors (Lipinski definition) is 0. The lowest BCUT2D eigenvalue weighted by Crippen LogP contribution is -1.87. The van der Waals surface area contributed by atoms with Gasteiger partial charge in [-0.05, 0) is 73.4 Å². The molecule has 0 spiro atoms. The van der Waals surface area contributed by atoms with Crippen LogP contribution < -0.4 is 0 Å². The van der Waals surface area contributed by atoms with Crippen LogP contribution in [0.4, 0.5) is 8.78 Å². The van der Waals surface area contributed by atoms with Crippen LogP contribution in [-0.4, -0.2) is 0 Å². The average molecular weight is 398 g/mol. The Morgan fingerprint density at radius 3 is 1.93 bits per heavy atom. The van der Waals surface area contributed by atoms with Gasteiger partial charge in [0.05, 0.1) is 5.56 Å². The summed E-state index contributed by atoms with van der Waals surface area (Å²) in [7, 11) is 0. The predicted octanol–water partition coefficient (Wildman–Crippen LogP) is 6.81. The smallest absolute Gasteiger partial charge is 0.140 e. The Kier molecular flexibility index (Phi) is 7.42. The summed E-state index contributed by atoms with van der Waals surface area (Å²) in [4.78, 5) is 0. The van der Waals surface area contributed by atoms with Crippen LogP contribution in [0.25, 0.3) is 0 Å². The maximum absolute atomic E-state index is 14.4. The van der Waals surface area contributed by atoms with Gasteiger partial charge in [-0.15, -0.1) is 0 Å². The number of halogens is 2. The molecule has 0 fully saturated rings. The molecule has 0 heterocycles. The van der Waals surface area contributed by atoms with E-state index in [-0.39, 0.29) is 11.4 Å². The van der Waals surface area contributed by atoms with Gasteiger partial charge >= 0.3 is 0 Å². The first kappa shape index (κ1) is 21.4. The van der Waals surface area contributed by atoms with E-state index < -0.39 is 5.82 Å². The third-order valence-corrected chi connectivity index (χ3v) is 4.86. The topological polar surface area (TPSA) is 0 Å². The highest BCUT2D eigenvalue weighted by Gasteiger charge is 2.01. The van der Waals surface area contributed by atoms with Gasteiger partial charge < -0.3 is 0 Å². The summed E-state index contributed by atoms with van der Waals surface area (Å²) >= 11 is 0. The van der Waals surface area contributed by atoms with E-state index in [2.05, 4.69) is 42.7 Å². The van der Waals surface area contributed by atoms with Crippen LogP contribution in [0.15, 0.2) is 60.7 Å². The van der Waals surface area contributed by atoms with Gasteiger partial charge in [0.1, 0.15) is 11.6 Å². The molecular weight excluding hydrogens is 374 g/mol. The summed E-state index contributed by atoms with van der Waals surface area (Å²) < 4.78 is 28.0. The minimum absolute atomic E-state index is 0.262. The Balaban J connectivity index is 1.69. The molecule has 0 saturated carbocycles. The zero-order chi connectivity index (χ0) is 21.3. The van der Waals surface area contributed by atoms with Gasteiger partial charge in [-0.25, -0.2) is 8.78 Å². The first-order chi connectivity index (χ1) is 14.5. The Bertz CT molecular complexity index is 1130. The van der Waals surface area contributed by atoms with Crippen LogP contribution in [0.2, 0.25) is 0 Å². The summed E-state index contributed by atoms with van der Waals surface area (Å²) in [6.07, 6.45) is 4.75. The van der Waals surface area contributed by atoms with Gasteiger partial charge in [-0.3, -0.25) is 0 Å². The minimum atomic E-state index is -0.437. The number of benzene rings is 3. The number of hydrogen-bond acceptors (Lipinski definition) is 0. The van der Waals surface area contributed by atoms with E-state index in [0.717, 1.165) is 12.0 Å². The summed E-state index contributed by atoms with van der Waals surface area (Å²) in [5, 5.41) is 0. The molecular formula is C28H24F2. The molecule has 0 N–H and O–H groups in total. The van der Waals surface area contributed by atoms with E-state index in [9.17, 15) is 8.78 Å². The zero-order valence-corrected chi connectivity index (χ0v) is 17.4. The van der Waals surface area contributed by atoms with Crippen molar-refractivity contribution in [2.75, 3.05) is 0 Å². The fourth-order valence-electron chi connectivity index (χ4n) is 2.98. The lowest BCUT2D eigenvalue weighted by Gasteiger charge is -2.00. The van der Waals surface area contributed by atoms with Gasteiger partial charge in [0.15, 0.2) is 0 Å². The molecule has 0 aliphatic carbocycles. The van der Waals surface area contributed by atoms with Crippen molar-refractivity contribution in [3.05, 3.63) is 106 Å². The molecule has 0 bridgehead atoms. The second kappa shape index (κ2) is 10.4. The Hall–Kier alpha value is -3.36. The summed E-state index contributed by atoms with van der Waals surface area (Å²) in [5.41, 5.74) is 4.14. The van der Waals surface area contributed by atoms with Gasteiger partial charge in [0.2, 0.25) is 0 Å². The lowest BCUT2D eigenvalue weighted by atomic mass is 10.1. The molecule has 3 rings (SSSR count). The second-order valence-electron chi connectivity index (χ2n) is 7.31. The zero-order valence-electron chi connectivity index (χ0n) is 17.4. The fourth-order valence-corrected chi connectivity index (χ4v) is 2.98. The van der Waals surface area contributed by atoms with Gasteiger partial charge in [-0.1, -0.05) is 61.6 Å². The van der Waals surface area contributed by atoms with Gasteiger partial charge in [-0.2, -0.15) is 0 Å². The maximum atomic E-state index is 14.4. The molecule has 0 saturated heterocycles. The van der Waals surface area contributed by atoms with Crippen LogP contribution in [0.1, 0.15) is 59.6 Å². The summed E-state index contributed by atoms with van der Waals surface area (Å²) in [5.74, 6) is 10.9. The van der Waals surface area contributed by atoms with Crippen LogP contribution in [-0.2, 0) is 6.42 Å². The van der Waals surface area contributed by atoms with Crippen molar-refractivity contribution in [1.29, 1.82) is 0 Å². The Labute approximate surface area is 178 Å². The van der Waals surface area contributed by atoms with E-state index in [0.29, 0.717) is 16.7 Å². The molecule has 0 aromatic heterocycles. The van der Waals surface area contributed by atoms with Crippen molar-refractivity contribution in [3.63, 3.8) is 0 Å². The first-order valence-corrected chi connectivity index (χ1v) is 10.2. The number of unbranched alkanes of at least 4 members (excludes halogenated alkanes) is 2. The average Bonchev–Trinajstić information content (AvgIpc) is 2.75. The van der Waals surface area contributed by atoms with E-state index in [4.69, 9.17) is 0 Å². The molecule has 0 radical (unpaired) electrons. The highest BCUT2D eigenvalue weighted by molar-refractivity contribution is 5.49. The molecule has 30 heavy (non-hydrogen) atoms. The normalized spacial score (nSPS) is 10.0. The van der Waals surface area contributed by atoms with Crippen molar-refractivity contribution in [3.8, 4) is 23.7 Å². The van der Waals surface area contributed by atoms with Gasteiger partial charge in [0.25, 0.3) is 0 Å². The third-order valence-electron chi connectivity index (χ3n) is 4.86. The van der Waals surface area contributed by atoms with E-state index in [1.165, 1.54) is 37.0 Å². The van der Waals surface area contributed by atoms with Crippen LogP contribution in [0.3, 0.4) is 0 Å². The second-order valence-corrected chi connectivity index (χ2v) is 7.31. The van der Waals surface area contributed by atoms with Crippen molar-refractivity contribution in [1.82, 2.24) is 0 Å². The molecule has 150 valence electrons. The van der Waals surface area contributed by atoms with E-state index >= 15 is 0 Å². The Morgan fingerprint density at radius 2 is 1.27 bits per heavy atom. The van der Waals surface area contributed by atoms with Gasteiger partial charge in [0, 0.05) is 16.7 Å². The molecule has 0 amide bonds. The van der Waals surface area contributed by atoms with Crippen LogP contribution in [0, 0.1) is 42.2 Å². The van der Waals surface area contributed by atoms with Crippen molar-refractivity contribution < 1.29 is 8.78 Å². The molecule has 0 unspecified atom stereocenters. The van der Waals surface area contributed by atoms with Crippen molar-refractivity contribution >= 4 is 0 Å². The fraction of sp³-hybridized carbons (Fsp3) is 0.214. The van der Waals surface area contributed by atoms with Crippen molar-refractivity contribution in [2.45, 2.75) is 39.5 Å². The lowest BCUT2D eigenvalue weighted by molar-refractivity contribution is 0.618. The quantitative estimate of drug-likeness (QED) is 0.335. The molecule has 3 aromatic rings. The first-order valence-electron chi connectivity index (χ1n) is 10.2. The summed E-state index contributed by atoms with van der Waals surface area (Å²) in [6, 6.07) is 17.7. The number of aryl methyl sites for hydroxylation is 2. The Morgan fingerprint density at radius 1 is 0.667 bits per heavy atom. The van der Waals surface area contributed by atoms with E-state index in [1.54, 1.807) is 31.2 Å². The molecule has 0 atom stereocenters. The molecule has 0 aliphatic heterocycles. The third kappa shape index (κ3) is 6.07. The maximum Gasteiger partial charge on any atom is 0.140 e. The molecule has 3 aromatic carbocycles. The highest BCUT2D eigenvalue weighted by atomic mass is 19.1. The monoisotopic (exact) mass is 398 g/mol. The predicted molar refractivity (Wildman–Crippen MR) is 119 cm³/mol. The number of rotatable bonds is 4. The SMILES string of the molecule is CCCCCc1ccc(C#Cc2ccc(C#Cc3ccc(C)c(F)c3)c(F)c2)cc1. The summed E-state index contributed by atoms with van der Waals surface area (Å²) in [6.45, 7) is 3.89. The highest BCUT2D eigenvalue weighted by Crippen LogP contribution is 2.12. The molecule has 0 nitrogen and oxygen atoms in total. The van der Waals surface area contributed by atoms with Crippen LogP contribution in [0.5, 0.6) is 0 Å². The van der Waals surface area contributed by atoms with Crippen molar-refractivity contribution in [2.24, 2.45) is 0 Å². The largest absolute Gasteiger partial charge is 0.207 e. The standard InChI is InChI=1S/C28H24F2/c1-3-4-5-6-22-9-11-23(12-10-22)13-14-25-16-18-26(28(30)20-25)17-15-24-8-7-21(2)27(29)19-24/h7-12,16,18-20H,3-6H2,1-2H3. The van der Waals surface area contributed by atoms with Crippen LogP contribution >= 0.6 is 0 Å².